The number of hydrogen-bond acceptors (Lipinski definition) is 3. The highest BCUT2D eigenvalue weighted by molar-refractivity contribution is 9.10. The van der Waals surface area contributed by atoms with Crippen molar-refractivity contribution in [3.8, 4) is 5.75 Å². The van der Waals surface area contributed by atoms with Crippen LogP contribution in [0.5, 0.6) is 5.75 Å². The second-order valence-corrected chi connectivity index (χ2v) is 4.84. The number of carbonyl (C=O) groups excluding carboxylic acids is 1. The molecule has 3 rings (SSSR count). The van der Waals surface area contributed by atoms with E-state index in [0.717, 1.165) is 15.2 Å². The van der Waals surface area contributed by atoms with Crippen LogP contribution in [0.15, 0.2) is 63.7 Å². The van der Waals surface area contributed by atoms with E-state index in [-0.39, 0.29) is 5.76 Å². The molecule has 2 aromatic carbocycles. The molecule has 0 amide bonds. The highest BCUT2D eigenvalue weighted by atomic mass is 79.9. The molecule has 0 aliphatic carbocycles. The highest BCUT2D eigenvalue weighted by Crippen LogP contribution is 2.27. The zero-order valence-electron chi connectivity index (χ0n) is 9.80. The van der Waals surface area contributed by atoms with Gasteiger partial charge in [0.05, 0.1) is 6.26 Å². The Morgan fingerprint density at radius 3 is 2.79 bits per heavy atom. The summed E-state index contributed by atoms with van der Waals surface area (Å²) < 4.78 is 11.3. The Morgan fingerprint density at radius 2 is 2.00 bits per heavy atom. The molecule has 1 aromatic heterocycles. The smallest absolute Gasteiger partial charge is 0.379 e. The summed E-state index contributed by atoms with van der Waals surface area (Å²) in [5.74, 6) is 0.181. The summed E-state index contributed by atoms with van der Waals surface area (Å²) in [5, 5.41) is 2.07. The van der Waals surface area contributed by atoms with Crippen LogP contribution in [-0.2, 0) is 0 Å². The standard InChI is InChI=1S/C15H9BrO3/c16-13-4-1-3-10-9-11(6-7-12(10)13)19-15(17)14-5-2-8-18-14/h1-9H. The quantitative estimate of drug-likeness (QED) is 0.519. The lowest BCUT2D eigenvalue weighted by Crippen LogP contribution is -2.06. The molecule has 0 fully saturated rings. The van der Waals surface area contributed by atoms with Gasteiger partial charge in [0.25, 0.3) is 0 Å². The Hall–Kier alpha value is -2.07. The third kappa shape index (κ3) is 2.39. The molecular weight excluding hydrogens is 308 g/mol. The minimum atomic E-state index is -0.501. The number of carbonyl (C=O) groups is 1. The number of hydrogen-bond donors (Lipinski definition) is 0. The third-order valence-electron chi connectivity index (χ3n) is 2.73. The van der Waals surface area contributed by atoms with Crippen molar-refractivity contribution < 1.29 is 13.9 Å². The maximum atomic E-state index is 11.8. The van der Waals surface area contributed by atoms with Crippen molar-refractivity contribution >= 4 is 32.7 Å². The first kappa shape index (κ1) is 12.0. The Morgan fingerprint density at radius 1 is 1.11 bits per heavy atom. The first-order chi connectivity index (χ1) is 9.24. The summed E-state index contributed by atoms with van der Waals surface area (Å²) in [6, 6.07) is 14.6. The van der Waals surface area contributed by atoms with Gasteiger partial charge in [-0.15, -0.1) is 0 Å². The summed E-state index contributed by atoms with van der Waals surface area (Å²) in [6.07, 6.45) is 1.44. The first-order valence-electron chi connectivity index (χ1n) is 5.68. The minimum absolute atomic E-state index is 0.189. The lowest BCUT2D eigenvalue weighted by Gasteiger charge is -2.05. The van der Waals surface area contributed by atoms with Crippen molar-refractivity contribution in [3.63, 3.8) is 0 Å². The number of esters is 1. The fourth-order valence-corrected chi connectivity index (χ4v) is 2.35. The van der Waals surface area contributed by atoms with E-state index in [1.165, 1.54) is 6.26 Å². The summed E-state index contributed by atoms with van der Waals surface area (Å²) in [4.78, 5) is 11.8. The maximum Gasteiger partial charge on any atom is 0.379 e. The lowest BCUT2D eigenvalue weighted by atomic mass is 10.1. The molecule has 0 radical (unpaired) electrons. The van der Waals surface area contributed by atoms with Gasteiger partial charge in [-0.1, -0.05) is 28.1 Å². The van der Waals surface area contributed by atoms with Gasteiger partial charge in [0.15, 0.2) is 0 Å². The summed E-state index contributed by atoms with van der Waals surface area (Å²) in [5.41, 5.74) is 0. The zero-order chi connectivity index (χ0) is 13.2. The second kappa shape index (κ2) is 4.90. The van der Waals surface area contributed by atoms with Crippen LogP contribution < -0.4 is 4.74 Å². The van der Waals surface area contributed by atoms with Gasteiger partial charge in [0, 0.05) is 4.47 Å². The van der Waals surface area contributed by atoms with E-state index in [0.29, 0.717) is 5.75 Å². The molecule has 0 unspecified atom stereocenters. The van der Waals surface area contributed by atoms with Crippen LogP contribution in [-0.4, -0.2) is 5.97 Å². The minimum Gasteiger partial charge on any atom is -0.457 e. The van der Waals surface area contributed by atoms with Crippen LogP contribution in [0.4, 0.5) is 0 Å². The van der Waals surface area contributed by atoms with E-state index in [4.69, 9.17) is 9.15 Å². The first-order valence-corrected chi connectivity index (χ1v) is 6.47. The van der Waals surface area contributed by atoms with Crippen molar-refractivity contribution in [2.75, 3.05) is 0 Å². The van der Waals surface area contributed by atoms with Crippen LogP contribution >= 0.6 is 15.9 Å². The molecule has 0 saturated carbocycles. The largest absolute Gasteiger partial charge is 0.457 e. The van der Waals surface area contributed by atoms with Gasteiger partial charge in [-0.05, 0) is 47.2 Å². The molecule has 0 aliphatic heterocycles. The predicted octanol–water partition coefficient (Wildman–Crippen LogP) is 4.41. The number of ether oxygens (including phenoxy) is 1. The average molecular weight is 317 g/mol. The summed E-state index contributed by atoms with van der Waals surface area (Å²) in [7, 11) is 0. The van der Waals surface area contributed by atoms with Gasteiger partial charge in [-0.25, -0.2) is 4.79 Å². The molecule has 0 spiro atoms. The van der Waals surface area contributed by atoms with Gasteiger partial charge in [-0.2, -0.15) is 0 Å². The predicted molar refractivity (Wildman–Crippen MR) is 75.3 cm³/mol. The monoisotopic (exact) mass is 316 g/mol. The molecule has 0 N–H and O–H groups in total. The molecular formula is C15H9BrO3. The molecule has 0 atom stereocenters. The van der Waals surface area contributed by atoms with Gasteiger partial charge in [0.1, 0.15) is 5.75 Å². The zero-order valence-corrected chi connectivity index (χ0v) is 11.4. The highest BCUT2D eigenvalue weighted by Gasteiger charge is 2.11. The van der Waals surface area contributed by atoms with E-state index in [2.05, 4.69) is 15.9 Å². The Balaban J connectivity index is 1.92. The van der Waals surface area contributed by atoms with E-state index in [1.54, 1.807) is 18.2 Å². The fraction of sp³-hybridized carbons (Fsp3) is 0. The van der Waals surface area contributed by atoms with Crippen LogP contribution in [0.2, 0.25) is 0 Å². The normalized spacial score (nSPS) is 10.6. The molecule has 94 valence electrons. The van der Waals surface area contributed by atoms with Crippen LogP contribution in [0.25, 0.3) is 10.8 Å². The average Bonchev–Trinajstić information content (AvgIpc) is 2.93. The van der Waals surface area contributed by atoms with Crippen LogP contribution in [0, 0.1) is 0 Å². The Bertz CT molecular complexity index is 732. The molecule has 4 heteroatoms. The van der Waals surface area contributed by atoms with E-state index in [1.807, 2.05) is 30.3 Å². The van der Waals surface area contributed by atoms with Crippen molar-refractivity contribution in [1.29, 1.82) is 0 Å². The number of rotatable bonds is 2. The number of halogens is 1. The molecule has 19 heavy (non-hydrogen) atoms. The SMILES string of the molecule is O=C(Oc1ccc2c(Br)cccc2c1)c1ccco1. The van der Waals surface area contributed by atoms with Gasteiger partial charge in [0.2, 0.25) is 5.76 Å². The molecule has 3 nitrogen and oxygen atoms in total. The van der Waals surface area contributed by atoms with Crippen LogP contribution in [0.1, 0.15) is 10.6 Å². The van der Waals surface area contributed by atoms with E-state index < -0.39 is 5.97 Å². The van der Waals surface area contributed by atoms with E-state index >= 15 is 0 Å². The van der Waals surface area contributed by atoms with Gasteiger partial charge >= 0.3 is 5.97 Å². The Kier molecular flexibility index (Phi) is 3.09. The molecule has 0 bridgehead atoms. The number of benzene rings is 2. The second-order valence-electron chi connectivity index (χ2n) is 3.99. The molecule has 3 aromatic rings. The van der Waals surface area contributed by atoms with Crippen molar-refractivity contribution in [3.05, 3.63) is 65.0 Å². The van der Waals surface area contributed by atoms with Gasteiger partial charge < -0.3 is 9.15 Å². The van der Waals surface area contributed by atoms with Gasteiger partial charge in [-0.3, -0.25) is 0 Å². The summed E-state index contributed by atoms with van der Waals surface area (Å²) >= 11 is 3.48. The lowest BCUT2D eigenvalue weighted by molar-refractivity contribution is 0.0701. The van der Waals surface area contributed by atoms with E-state index in [9.17, 15) is 4.79 Å². The Labute approximate surface area is 117 Å². The maximum absolute atomic E-state index is 11.8. The number of furan rings is 1. The van der Waals surface area contributed by atoms with Crippen molar-refractivity contribution in [2.24, 2.45) is 0 Å². The molecule has 1 heterocycles. The number of fused-ring (bicyclic) bond motifs is 1. The molecule has 0 aliphatic rings. The van der Waals surface area contributed by atoms with Crippen molar-refractivity contribution in [1.82, 2.24) is 0 Å². The summed E-state index contributed by atoms with van der Waals surface area (Å²) in [6.45, 7) is 0. The molecule has 0 saturated heterocycles. The topological polar surface area (TPSA) is 39.4 Å². The third-order valence-corrected chi connectivity index (χ3v) is 3.42. The van der Waals surface area contributed by atoms with Crippen molar-refractivity contribution in [2.45, 2.75) is 0 Å². The van der Waals surface area contributed by atoms with Crippen LogP contribution in [0.3, 0.4) is 0 Å². The fourth-order valence-electron chi connectivity index (χ4n) is 1.84.